The smallest absolute Gasteiger partial charge is 0.245 e. The van der Waals surface area contributed by atoms with Crippen LogP contribution in [0.2, 0.25) is 5.15 Å². The Bertz CT molecular complexity index is 884. The molecule has 4 rings (SSSR count). The Balaban J connectivity index is 1.58. The van der Waals surface area contributed by atoms with Crippen LogP contribution in [0, 0.1) is 0 Å². The molecule has 1 aliphatic rings. The van der Waals surface area contributed by atoms with E-state index in [1.807, 2.05) is 48.2 Å². The number of carbonyl (C=O) groups excluding carboxylic acids is 1. The lowest BCUT2D eigenvalue weighted by Crippen LogP contribution is -2.42. The van der Waals surface area contributed by atoms with Crippen LogP contribution in [0.25, 0.3) is 11.0 Å². The molecule has 3 heterocycles. The average Bonchev–Trinajstić information content (AvgIpc) is 3.13. The number of benzene rings is 1. The zero-order valence-electron chi connectivity index (χ0n) is 12.7. The van der Waals surface area contributed by atoms with E-state index in [1.54, 1.807) is 4.68 Å². The Morgan fingerprint density at radius 1 is 1.26 bits per heavy atom. The number of amides is 1. The summed E-state index contributed by atoms with van der Waals surface area (Å²) in [6.45, 7) is 3.58. The van der Waals surface area contributed by atoms with E-state index in [1.165, 1.54) is 0 Å². The number of halogens is 1. The van der Waals surface area contributed by atoms with Crippen LogP contribution in [0.5, 0.6) is 0 Å². The number of aromatic nitrogens is 4. The van der Waals surface area contributed by atoms with Crippen molar-refractivity contribution >= 4 is 28.5 Å². The molecule has 0 N–H and O–H groups in total. The molecule has 0 saturated carbocycles. The first-order chi connectivity index (χ1) is 11.1. The minimum Gasteiger partial charge on any atom is -0.332 e. The van der Waals surface area contributed by atoms with Gasteiger partial charge in [-0.15, -0.1) is 5.10 Å². The Hall–Kier alpha value is -2.34. The van der Waals surface area contributed by atoms with Gasteiger partial charge in [0, 0.05) is 18.8 Å². The highest BCUT2D eigenvalue weighted by atomic mass is 35.5. The van der Waals surface area contributed by atoms with E-state index in [0.717, 1.165) is 28.4 Å². The van der Waals surface area contributed by atoms with Crippen LogP contribution >= 0.6 is 11.6 Å². The second kappa shape index (κ2) is 5.38. The third-order valence-electron chi connectivity index (χ3n) is 4.45. The van der Waals surface area contributed by atoms with Crippen molar-refractivity contribution in [2.45, 2.75) is 26.1 Å². The minimum atomic E-state index is -0.00136. The molecule has 118 valence electrons. The van der Waals surface area contributed by atoms with E-state index in [0.29, 0.717) is 6.54 Å². The average molecular weight is 330 g/mol. The summed E-state index contributed by atoms with van der Waals surface area (Å²) < 4.78 is 3.71. The molecule has 7 heteroatoms. The van der Waals surface area contributed by atoms with Crippen molar-refractivity contribution < 1.29 is 4.79 Å². The maximum Gasteiger partial charge on any atom is 0.245 e. The topological polar surface area (TPSA) is 56.0 Å². The summed E-state index contributed by atoms with van der Waals surface area (Å²) >= 11 is 6.17. The van der Waals surface area contributed by atoms with E-state index in [2.05, 4.69) is 14.9 Å². The number of hydrogen-bond acceptors (Lipinski definition) is 3. The second-order valence-electron chi connectivity index (χ2n) is 5.73. The molecule has 0 bridgehead atoms. The molecule has 1 aromatic carbocycles. The monoisotopic (exact) mass is 329 g/mol. The number of fused-ring (bicyclic) bond motifs is 2. The van der Waals surface area contributed by atoms with Crippen LogP contribution in [-0.4, -0.2) is 36.9 Å². The SMILES string of the molecule is CC1c2ccc(Cl)n2CCN1C(=O)Cn1nnc2ccccc21. The Labute approximate surface area is 138 Å². The number of hydrogen-bond donors (Lipinski definition) is 0. The number of carbonyl (C=O) groups is 1. The van der Waals surface area contributed by atoms with E-state index < -0.39 is 0 Å². The fourth-order valence-electron chi connectivity index (χ4n) is 3.21. The first kappa shape index (κ1) is 14.3. The number of rotatable bonds is 2. The molecule has 1 amide bonds. The molecule has 1 unspecified atom stereocenters. The zero-order valence-corrected chi connectivity index (χ0v) is 13.4. The van der Waals surface area contributed by atoms with Gasteiger partial charge in [-0.1, -0.05) is 28.9 Å². The van der Waals surface area contributed by atoms with Crippen molar-refractivity contribution in [1.29, 1.82) is 0 Å². The quantitative estimate of drug-likeness (QED) is 0.726. The lowest BCUT2D eigenvalue weighted by molar-refractivity contribution is -0.135. The van der Waals surface area contributed by atoms with Gasteiger partial charge < -0.3 is 9.47 Å². The highest BCUT2D eigenvalue weighted by Crippen LogP contribution is 2.29. The third-order valence-corrected chi connectivity index (χ3v) is 4.78. The van der Waals surface area contributed by atoms with Crippen LogP contribution in [0.1, 0.15) is 18.7 Å². The summed E-state index contributed by atoms with van der Waals surface area (Å²) in [5.41, 5.74) is 2.74. The minimum absolute atomic E-state index is 0.00136. The van der Waals surface area contributed by atoms with Gasteiger partial charge >= 0.3 is 0 Å². The van der Waals surface area contributed by atoms with Gasteiger partial charge in [-0.2, -0.15) is 0 Å². The van der Waals surface area contributed by atoms with Gasteiger partial charge in [0.2, 0.25) is 5.91 Å². The molecular formula is C16H16ClN5O. The summed E-state index contributed by atoms with van der Waals surface area (Å²) in [4.78, 5) is 14.6. The fraction of sp³-hybridized carbons (Fsp3) is 0.312. The van der Waals surface area contributed by atoms with Gasteiger partial charge in [-0.25, -0.2) is 4.68 Å². The Morgan fingerprint density at radius 3 is 2.96 bits per heavy atom. The van der Waals surface area contributed by atoms with E-state index in [-0.39, 0.29) is 18.5 Å². The lowest BCUT2D eigenvalue weighted by atomic mass is 10.1. The summed E-state index contributed by atoms with van der Waals surface area (Å²) in [6.07, 6.45) is 0. The van der Waals surface area contributed by atoms with Crippen LogP contribution in [0.4, 0.5) is 0 Å². The van der Waals surface area contributed by atoms with Crippen molar-refractivity contribution in [2.24, 2.45) is 0 Å². The maximum atomic E-state index is 12.7. The van der Waals surface area contributed by atoms with Gasteiger partial charge in [-0.05, 0) is 31.2 Å². The normalized spacial score (nSPS) is 17.5. The van der Waals surface area contributed by atoms with Crippen molar-refractivity contribution in [2.75, 3.05) is 6.54 Å². The number of para-hydroxylation sites is 1. The Kier molecular flexibility index (Phi) is 3.34. The molecule has 3 aromatic rings. The van der Waals surface area contributed by atoms with Crippen LogP contribution in [0.15, 0.2) is 36.4 Å². The molecule has 0 saturated heterocycles. The highest BCUT2D eigenvalue weighted by Gasteiger charge is 2.29. The highest BCUT2D eigenvalue weighted by molar-refractivity contribution is 6.29. The zero-order chi connectivity index (χ0) is 16.0. The van der Waals surface area contributed by atoms with E-state index in [9.17, 15) is 4.79 Å². The van der Waals surface area contributed by atoms with E-state index in [4.69, 9.17) is 11.6 Å². The summed E-state index contributed by atoms with van der Waals surface area (Å²) in [5, 5.41) is 8.92. The maximum absolute atomic E-state index is 12.7. The largest absolute Gasteiger partial charge is 0.332 e. The van der Waals surface area contributed by atoms with Crippen molar-refractivity contribution in [3.05, 3.63) is 47.2 Å². The molecule has 6 nitrogen and oxygen atoms in total. The summed E-state index contributed by atoms with van der Waals surface area (Å²) in [7, 11) is 0. The predicted octanol–water partition coefficient (Wildman–Crippen LogP) is 2.49. The summed E-state index contributed by atoms with van der Waals surface area (Å²) in [6, 6.07) is 11.5. The molecule has 0 spiro atoms. The Morgan fingerprint density at radius 2 is 2.09 bits per heavy atom. The van der Waals surface area contributed by atoms with Crippen LogP contribution < -0.4 is 0 Å². The molecule has 0 radical (unpaired) electrons. The van der Waals surface area contributed by atoms with Gasteiger partial charge in [0.1, 0.15) is 17.2 Å². The van der Waals surface area contributed by atoms with Gasteiger partial charge in [-0.3, -0.25) is 4.79 Å². The van der Waals surface area contributed by atoms with Crippen LogP contribution in [-0.2, 0) is 17.9 Å². The molecule has 2 aromatic heterocycles. The van der Waals surface area contributed by atoms with Crippen molar-refractivity contribution in [3.8, 4) is 0 Å². The molecule has 1 atom stereocenters. The van der Waals surface area contributed by atoms with Crippen molar-refractivity contribution in [1.82, 2.24) is 24.5 Å². The molecule has 0 aliphatic carbocycles. The van der Waals surface area contributed by atoms with Gasteiger partial charge in [0.25, 0.3) is 0 Å². The van der Waals surface area contributed by atoms with Gasteiger partial charge in [0.15, 0.2) is 0 Å². The molecule has 23 heavy (non-hydrogen) atoms. The second-order valence-corrected chi connectivity index (χ2v) is 6.12. The number of nitrogens with zero attached hydrogens (tertiary/aromatic N) is 5. The van der Waals surface area contributed by atoms with E-state index >= 15 is 0 Å². The van der Waals surface area contributed by atoms with Crippen molar-refractivity contribution in [3.63, 3.8) is 0 Å². The molecule has 0 fully saturated rings. The summed E-state index contributed by atoms with van der Waals surface area (Å²) in [5.74, 6) is 0.0386. The first-order valence-electron chi connectivity index (χ1n) is 7.58. The lowest BCUT2D eigenvalue weighted by Gasteiger charge is -2.35. The molecular weight excluding hydrogens is 314 g/mol. The van der Waals surface area contributed by atoms with Gasteiger partial charge in [0.05, 0.1) is 11.6 Å². The molecule has 1 aliphatic heterocycles. The predicted molar refractivity (Wildman–Crippen MR) is 87.1 cm³/mol. The standard InChI is InChI=1S/C16H16ClN5O/c1-11-13-6-7-15(17)21(13)9-8-20(11)16(23)10-22-14-5-3-2-4-12(14)18-19-22/h2-7,11H,8-10H2,1H3. The fourth-order valence-corrected chi connectivity index (χ4v) is 3.46. The third kappa shape index (κ3) is 2.30. The first-order valence-corrected chi connectivity index (χ1v) is 7.95. The van der Waals surface area contributed by atoms with Crippen LogP contribution in [0.3, 0.4) is 0 Å².